The zero-order valence-electron chi connectivity index (χ0n) is 9.76. The quantitative estimate of drug-likeness (QED) is 0.836. The minimum absolute atomic E-state index is 0.258. The van der Waals surface area contributed by atoms with Gasteiger partial charge in [0, 0.05) is 0 Å². The van der Waals surface area contributed by atoms with Gasteiger partial charge < -0.3 is 0 Å². The monoisotopic (exact) mass is 273 g/mol. The fourth-order valence-corrected chi connectivity index (χ4v) is 3.61. The second-order valence-corrected chi connectivity index (χ2v) is 6.37. The first kappa shape index (κ1) is 14.8. The maximum absolute atomic E-state index is 12.8. The predicted molar refractivity (Wildman–Crippen MR) is 59.0 cm³/mol. The van der Waals surface area contributed by atoms with E-state index in [1.807, 2.05) is 4.72 Å². The third-order valence-corrected chi connectivity index (χ3v) is 4.56. The van der Waals surface area contributed by atoms with E-state index in [1.54, 1.807) is 6.92 Å². The molecule has 0 radical (unpaired) electrons. The van der Waals surface area contributed by atoms with Crippen LogP contribution in [0.2, 0.25) is 0 Å². The lowest BCUT2D eigenvalue weighted by atomic mass is 9.99. The molecule has 0 aromatic carbocycles. The summed E-state index contributed by atoms with van der Waals surface area (Å²) in [4.78, 5) is 0. The van der Waals surface area contributed by atoms with Gasteiger partial charge in [-0.2, -0.15) is 13.2 Å². The Labute approximate surface area is 99.8 Å². The molecular weight excluding hydrogens is 255 g/mol. The van der Waals surface area contributed by atoms with E-state index in [0.717, 1.165) is 12.8 Å². The molecule has 17 heavy (non-hydrogen) atoms. The number of rotatable bonds is 5. The molecule has 1 aliphatic carbocycles. The van der Waals surface area contributed by atoms with Crippen LogP contribution in [0, 0.1) is 5.92 Å². The first-order chi connectivity index (χ1) is 7.76. The van der Waals surface area contributed by atoms with Gasteiger partial charge in [-0.05, 0) is 25.2 Å². The topological polar surface area (TPSA) is 46.2 Å². The molecule has 0 amide bonds. The van der Waals surface area contributed by atoms with Crippen molar-refractivity contribution in [2.24, 2.45) is 5.92 Å². The molecule has 1 atom stereocenters. The minimum Gasteiger partial charge on any atom is -0.212 e. The van der Waals surface area contributed by atoms with Crippen LogP contribution in [-0.4, -0.2) is 26.4 Å². The fraction of sp³-hybridized carbons (Fsp3) is 1.00. The number of alkyl halides is 3. The van der Waals surface area contributed by atoms with Crippen LogP contribution in [0.1, 0.15) is 39.0 Å². The molecule has 0 saturated heterocycles. The van der Waals surface area contributed by atoms with Crippen molar-refractivity contribution in [3.8, 4) is 0 Å². The van der Waals surface area contributed by atoms with Crippen LogP contribution in [0.4, 0.5) is 13.2 Å². The fourth-order valence-electron chi connectivity index (χ4n) is 2.24. The number of halogens is 3. The Bertz CT molecular complexity index is 334. The van der Waals surface area contributed by atoms with Crippen LogP contribution in [0.25, 0.3) is 0 Å². The van der Waals surface area contributed by atoms with Gasteiger partial charge >= 0.3 is 6.18 Å². The third-order valence-electron chi connectivity index (χ3n) is 3.00. The van der Waals surface area contributed by atoms with Crippen LogP contribution >= 0.6 is 0 Å². The molecule has 102 valence electrons. The van der Waals surface area contributed by atoms with Crippen molar-refractivity contribution in [3.63, 3.8) is 0 Å². The molecule has 0 aromatic heterocycles. The molecule has 1 N–H and O–H groups in total. The molecule has 0 heterocycles. The van der Waals surface area contributed by atoms with Crippen LogP contribution in [0.5, 0.6) is 0 Å². The standard InChI is InChI=1S/C10H18F3NO2S/c1-2-7-17(15,16)14-9(10(11,12)13)8-5-3-4-6-8/h8-9,14H,2-7H2,1H3/t9-/m0/s1. The van der Waals surface area contributed by atoms with Gasteiger partial charge in [0.15, 0.2) is 0 Å². The summed E-state index contributed by atoms with van der Waals surface area (Å²) in [6, 6.07) is -1.92. The smallest absolute Gasteiger partial charge is 0.212 e. The maximum atomic E-state index is 12.8. The van der Waals surface area contributed by atoms with E-state index >= 15 is 0 Å². The van der Waals surface area contributed by atoms with E-state index in [1.165, 1.54) is 0 Å². The van der Waals surface area contributed by atoms with Gasteiger partial charge in [0.05, 0.1) is 5.75 Å². The number of hydrogen-bond donors (Lipinski definition) is 1. The molecule has 1 aliphatic rings. The first-order valence-corrected chi connectivity index (χ1v) is 7.48. The number of nitrogens with one attached hydrogen (secondary N) is 1. The van der Waals surface area contributed by atoms with Gasteiger partial charge in [0.25, 0.3) is 0 Å². The lowest BCUT2D eigenvalue weighted by Gasteiger charge is -2.26. The van der Waals surface area contributed by atoms with Crippen LogP contribution in [-0.2, 0) is 10.0 Å². The van der Waals surface area contributed by atoms with Crippen molar-refractivity contribution >= 4 is 10.0 Å². The Kier molecular flexibility index (Phi) is 4.83. The highest BCUT2D eigenvalue weighted by molar-refractivity contribution is 7.89. The summed E-state index contributed by atoms with van der Waals surface area (Å²) >= 11 is 0. The van der Waals surface area contributed by atoms with Gasteiger partial charge in [-0.1, -0.05) is 19.8 Å². The van der Waals surface area contributed by atoms with Crippen LogP contribution < -0.4 is 4.72 Å². The minimum atomic E-state index is -4.50. The summed E-state index contributed by atoms with van der Waals surface area (Å²) in [6.45, 7) is 1.62. The predicted octanol–water partition coefficient (Wildman–Crippen LogP) is 2.44. The molecule has 1 fully saturated rings. The molecule has 0 spiro atoms. The summed E-state index contributed by atoms with van der Waals surface area (Å²) in [5.74, 6) is -0.867. The normalized spacial score (nSPS) is 20.7. The van der Waals surface area contributed by atoms with Gasteiger partial charge in [-0.15, -0.1) is 0 Å². The van der Waals surface area contributed by atoms with Gasteiger partial charge in [-0.3, -0.25) is 0 Å². The maximum Gasteiger partial charge on any atom is 0.405 e. The molecule has 0 bridgehead atoms. The van der Waals surface area contributed by atoms with Crippen LogP contribution in [0.15, 0.2) is 0 Å². The molecule has 7 heteroatoms. The Morgan fingerprint density at radius 2 is 1.82 bits per heavy atom. The Hall–Kier alpha value is -0.300. The second kappa shape index (κ2) is 5.56. The zero-order valence-corrected chi connectivity index (χ0v) is 10.6. The zero-order chi connectivity index (χ0) is 13.1. The molecule has 3 nitrogen and oxygen atoms in total. The van der Waals surface area contributed by atoms with Crippen molar-refractivity contribution in [1.82, 2.24) is 4.72 Å². The van der Waals surface area contributed by atoms with Crippen molar-refractivity contribution < 1.29 is 21.6 Å². The number of hydrogen-bond acceptors (Lipinski definition) is 2. The molecule has 0 aromatic rings. The average molecular weight is 273 g/mol. The van der Waals surface area contributed by atoms with E-state index < -0.39 is 28.2 Å². The van der Waals surface area contributed by atoms with E-state index in [9.17, 15) is 21.6 Å². The Balaban J connectivity index is 2.77. The summed E-state index contributed by atoms with van der Waals surface area (Å²) in [6.07, 6.45) is -1.82. The molecule has 1 saturated carbocycles. The SMILES string of the molecule is CCCS(=O)(=O)N[C@@H](C1CCCC1)C(F)(F)F. The summed E-state index contributed by atoms with van der Waals surface area (Å²) in [5.41, 5.74) is 0. The second-order valence-electron chi connectivity index (χ2n) is 4.50. The van der Waals surface area contributed by atoms with Crippen molar-refractivity contribution in [3.05, 3.63) is 0 Å². The third kappa shape index (κ3) is 4.46. The van der Waals surface area contributed by atoms with Crippen molar-refractivity contribution in [2.75, 3.05) is 5.75 Å². The summed E-state index contributed by atoms with van der Waals surface area (Å²) in [7, 11) is -3.82. The van der Waals surface area contributed by atoms with E-state index in [0.29, 0.717) is 19.3 Å². The molecule has 0 unspecified atom stereocenters. The van der Waals surface area contributed by atoms with Crippen molar-refractivity contribution in [2.45, 2.75) is 51.2 Å². The number of sulfonamides is 1. The lowest BCUT2D eigenvalue weighted by Crippen LogP contribution is -2.50. The molecule has 0 aliphatic heterocycles. The molecular formula is C10H18F3NO2S. The van der Waals surface area contributed by atoms with Crippen LogP contribution in [0.3, 0.4) is 0 Å². The molecule has 1 rings (SSSR count). The van der Waals surface area contributed by atoms with Gasteiger partial charge in [0.2, 0.25) is 10.0 Å². The summed E-state index contributed by atoms with van der Waals surface area (Å²) < 4.78 is 63.1. The highest BCUT2D eigenvalue weighted by atomic mass is 32.2. The van der Waals surface area contributed by atoms with Gasteiger partial charge in [0.1, 0.15) is 6.04 Å². The Morgan fingerprint density at radius 3 is 2.24 bits per heavy atom. The van der Waals surface area contributed by atoms with E-state index in [4.69, 9.17) is 0 Å². The lowest BCUT2D eigenvalue weighted by molar-refractivity contribution is -0.162. The largest absolute Gasteiger partial charge is 0.405 e. The highest BCUT2D eigenvalue weighted by Crippen LogP contribution is 2.36. The average Bonchev–Trinajstić information content (AvgIpc) is 2.64. The van der Waals surface area contributed by atoms with E-state index in [-0.39, 0.29) is 5.75 Å². The van der Waals surface area contributed by atoms with Gasteiger partial charge in [-0.25, -0.2) is 13.1 Å². The van der Waals surface area contributed by atoms with E-state index in [2.05, 4.69) is 0 Å². The highest BCUT2D eigenvalue weighted by Gasteiger charge is 2.47. The van der Waals surface area contributed by atoms with Crippen molar-refractivity contribution in [1.29, 1.82) is 0 Å². The Morgan fingerprint density at radius 1 is 1.29 bits per heavy atom. The first-order valence-electron chi connectivity index (χ1n) is 5.83. The summed E-state index contributed by atoms with van der Waals surface area (Å²) in [5, 5.41) is 0.